The van der Waals surface area contributed by atoms with Gasteiger partial charge in [0.25, 0.3) is 0 Å². The highest BCUT2D eigenvalue weighted by molar-refractivity contribution is 8.00. The molecule has 2 aromatic heterocycles. The van der Waals surface area contributed by atoms with Crippen LogP contribution >= 0.6 is 11.8 Å². The van der Waals surface area contributed by atoms with Crippen molar-refractivity contribution >= 4 is 45.2 Å². The summed E-state index contributed by atoms with van der Waals surface area (Å²) in [5.74, 6) is -0.339. The van der Waals surface area contributed by atoms with E-state index in [-0.39, 0.29) is 39.7 Å². The maximum Gasteiger partial charge on any atom is 0.192 e. The quantitative estimate of drug-likeness (QED) is 0.303. The lowest BCUT2D eigenvalue weighted by molar-refractivity contribution is -0.200. The van der Waals surface area contributed by atoms with Gasteiger partial charge in [-0.2, -0.15) is 5.10 Å². The van der Waals surface area contributed by atoms with Gasteiger partial charge in [0.15, 0.2) is 34.3 Å². The van der Waals surface area contributed by atoms with E-state index in [1.165, 1.54) is 6.33 Å². The lowest BCUT2D eigenvalue weighted by Gasteiger charge is -2.39. The standard InChI is InChI=1S/C30H53N5O5SSi2/c1-28(2,3)42(9,10)36-16-19-22-23(39-30(7,8)38-22)27(37-19)35-25-21(24(31)32-17-33-25)26(34-35)41-20-15-13-14-18(20)40-43(11,12)29(4,5)6/h17-20,22-23,27H,13-16H2,1-12H3,(H2,31,32,33)/t18-,19-,20-,22-,23-,27-/m1/s1. The summed E-state index contributed by atoms with van der Waals surface area (Å²) in [6, 6.07) is 0. The molecule has 1 saturated carbocycles. The number of nitrogens with two attached hydrogens (primary N) is 1. The van der Waals surface area contributed by atoms with E-state index >= 15 is 0 Å². The molecule has 2 saturated heterocycles. The molecule has 0 amide bonds. The fourth-order valence-corrected chi connectivity index (χ4v) is 9.45. The van der Waals surface area contributed by atoms with Crippen LogP contribution in [0.25, 0.3) is 11.0 Å². The van der Waals surface area contributed by atoms with E-state index in [4.69, 9.17) is 33.9 Å². The zero-order chi connectivity index (χ0) is 31.8. The van der Waals surface area contributed by atoms with E-state index in [9.17, 15) is 0 Å². The van der Waals surface area contributed by atoms with E-state index < -0.39 is 28.6 Å². The van der Waals surface area contributed by atoms with Gasteiger partial charge in [0.05, 0.1) is 18.1 Å². The summed E-state index contributed by atoms with van der Waals surface area (Å²) in [6.45, 7) is 27.1. The zero-order valence-electron chi connectivity index (χ0n) is 28.2. The molecule has 13 heteroatoms. The summed E-state index contributed by atoms with van der Waals surface area (Å²) in [6.07, 6.45) is 3.39. The fraction of sp³-hybridized carbons (Fsp3) is 0.833. The van der Waals surface area contributed by atoms with Crippen LogP contribution in [-0.4, -0.2) is 78.4 Å². The molecule has 0 spiro atoms. The van der Waals surface area contributed by atoms with Crippen LogP contribution in [0.15, 0.2) is 11.4 Å². The molecule has 3 fully saturated rings. The molecule has 43 heavy (non-hydrogen) atoms. The third-order valence-corrected chi connectivity index (χ3v) is 20.5. The van der Waals surface area contributed by atoms with Gasteiger partial charge in [-0.1, -0.05) is 53.3 Å². The Hall–Kier alpha value is -1.07. The molecule has 2 N–H and O–H groups in total. The molecule has 3 aliphatic rings. The summed E-state index contributed by atoms with van der Waals surface area (Å²) < 4.78 is 34.9. The number of hydrogen-bond donors (Lipinski definition) is 1. The van der Waals surface area contributed by atoms with E-state index in [1.807, 2.05) is 18.5 Å². The van der Waals surface area contributed by atoms with Gasteiger partial charge in [-0.3, -0.25) is 0 Å². The second-order valence-corrected chi connectivity index (χ2v) is 26.7. The van der Waals surface area contributed by atoms with Gasteiger partial charge >= 0.3 is 0 Å². The van der Waals surface area contributed by atoms with Crippen molar-refractivity contribution in [3.05, 3.63) is 6.33 Å². The second kappa shape index (κ2) is 11.3. The number of nitrogen functional groups attached to an aromatic ring is 1. The van der Waals surface area contributed by atoms with Gasteiger partial charge in [0, 0.05) is 5.25 Å². The predicted molar refractivity (Wildman–Crippen MR) is 176 cm³/mol. The largest absolute Gasteiger partial charge is 0.414 e. The van der Waals surface area contributed by atoms with Crippen LogP contribution in [0.1, 0.15) is 80.9 Å². The van der Waals surface area contributed by atoms with Crippen molar-refractivity contribution in [2.24, 2.45) is 0 Å². The SMILES string of the molecule is CC1(C)O[C@@H]2[C@H](O1)[C@@H](CO[Si](C)(C)C(C)(C)C)O[C@H]2n1nc(S[C@@H]2CCC[C@H]2O[Si](C)(C)C(C)(C)C)c2c(N)ncnc21. The summed E-state index contributed by atoms with van der Waals surface area (Å²) >= 11 is 1.73. The predicted octanol–water partition coefficient (Wildman–Crippen LogP) is 6.88. The molecule has 242 valence electrons. The Morgan fingerprint density at radius 3 is 2.30 bits per heavy atom. The fourth-order valence-electron chi connectivity index (χ4n) is 5.58. The van der Waals surface area contributed by atoms with Gasteiger partial charge in [-0.25, -0.2) is 14.6 Å². The Morgan fingerprint density at radius 1 is 1.00 bits per heavy atom. The minimum absolute atomic E-state index is 0.0852. The number of thioether (sulfide) groups is 1. The van der Waals surface area contributed by atoms with Crippen molar-refractivity contribution in [2.45, 2.75) is 158 Å². The Kier molecular flexibility index (Phi) is 8.77. The van der Waals surface area contributed by atoms with Crippen molar-refractivity contribution in [1.82, 2.24) is 19.7 Å². The molecule has 1 aliphatic carbocycles. The molecule has 10 nitrogen and oxygen atoms in total. The smallest absolute Gasteiger partial charge is 0.192 e. The Labute approximate surface area is 263 Å². The monoisotopic (exact) mass is 651 g/mol. The molecule has 2 aliphatic heterocycles. The van der Waals surface area contributed by atoms with Crippen LogP contribution in [-0.2, 0) is 23.1 Å². The summed E-state index contributed by atoms with van der Waals surface area (Å²) in [7, 11) is -3.93. The van der Waals surface area contributed by atoms with Crippen LogP contribution < -0.4 is 5.73 Å². The third-order valence-electron chi connectivity index (χ3n) is 10.2. The van der Waals surface area contributed by atoms with Crippen LogP contribution in [0.3, 0.4) is 0 Å². The van der Waals surface area contributed by atoms with E-state index in [0.717, 1.165) is 29.7 Å². The maximum atomic E-state index is 6.92. The first-order chi connectivity index (χ1) is 19.7. The summed E-state index contributed by atoms with van der Waals surface area (Å²) in [5.41, 5.74) is 7.13. The van der Waals surface area contributed by atoms with Crippen LogP contribution in [0, 0.1) is 0 Å². The normalized spacial score (nSPS) is 30.0. The van der Waals surface area contributed by atoms with Gasteiger partial charge < -0.3 is 28.8 Å². The second-order valence-electron chi connectivity index (χ2n) is 15.9. The van der Waals surface area contributed by atoms with Crippen molar-refractivity contribution in [3.63, 3.8) is 0 Å². The summed E-state index contributed by atoms with van der Waals surface area (Å²) in [4.78, 5) is 9.00. The van der Waals surface area contributed by atoms with Crippen molar-refractivity contribution in [1.29, 1.82) is 0 Å². The number of ether oxygens (including phenoxy) is 3. The molecule has 4 heterocycles. The van der Waals surface area contributed by atoms with Crippen molar-refractivity contribution in [3.8, 4) is 0 Å². The third kappa shape index (κ3) is 6.47. The Balaban J connectivity index is 1.45. The van der Waals surface area contributed by atoms with Gasteiger partial charge in [0.1, 0.15) is 35.5 Å². The highest BCUT2D eigenvalue weighted by Gasteiger charge is 2.57. The van der Waals surface area contributed by atoms with Gasteiger partial charge in [0.2, 0.25) is 0 Å². The molecule has 6 atom stereocenters. The Bertz CT molecular complexity index is 1320. The number of aromatic nitrogens is 4. The first-order valence-electron chi connectivity index (χ1n) is 15.7. The van der Waals surface area contributed by atoms with E-state index in [1.54, 1.807) is 11.8 Å². The van der Waals surface area contributed by atoms with Crippen LogP contribution in [0.4, 0.5) is 5.82 Å². The molecule has 0 bridgehead atoms. The maximum absolute atomic E-state index is 6.92. The molecular weight excluding hydrogens is 599 g/mol. The summed E-state index contributed by atoms with van der Waals surface area (Å²) in [5, 5.41) is 7.19. The van der Waals surface area contributed by atoms with E-state index in [2.05, 4.69) is 77.7 Å². The minimum Gasteiger partial charge on any atom is -0.414 e. The molecule has 0 radical (unpaired) electrons. The average molecular weight is 652 g/mol. The number of fused-ring (bicyclic) bond motifs is 2. The zero-order valence-corrected chi connectivity index (χ0v) is 31.0. The Morgan fingerprint density at radius 2 is 1.65 bits per heavy atom. The lowest BCUT2D eigenvalue weighted by atomic mass is 10.1. The average Bonchev–Trinajstić information content (AvgIpc) is 3.59. The number of nitrogens with zero attached hydrogens (tertiary/aromatic N) is 4. The van der Waals surface area contributed by atoms with Gasteiger partial charge in [-0.05, 0) is 69.4 Å². The first kappa shape index (κ1) is 33.3. The van der Waals surface area contributed by atoms with Crippen molar-refractivity contribution in [2.75, 3.05) is 12.3 Å². The molecule has 2 aromatic rings. The van der Waals surface area contributed by atoms with Crippen LogP contribution in [0.5, 0.6) is 0 Å². The first-order valence-corrected chi connectivity index (χ1v) is 22.4. The number of rotatable bonds is 8. The number of anilines is 1. The lowest BCUT2D eigenvalue weighted by Crippen LogP contribution is -2.45. The molecular formula is C30H53N5O5SSi2. The molecule has 0 aromatic carbocycles. The minimum atomic E-state index is -2.01. The highest BCUT2D eigenvalue weighted by atomic mass is 32.2. The number of hydrogen-bond acceptors (Lipinski definition) is 10. The van der Waals surface area contributed by atoms with E-state index in [0.29, 0.717) is 18.1 Å². The highest BCUT2D eigenvalue weighted by Crippen LogP contribution is 2.48. The van der Waals surface area contributed by atoms with Crippen LogP contribution in [0.2, 0.25) is 36.3 Å². The van der Waals surface area contributed by atoms with Gasteiger partial charge in [-0.15, -0.1) is 0 Å². The molecule has 0 unspecified atom stereocenters. The molecule has 5 rings (SSSR count). The topological polar surface area (TPSA) is 116 Å². The van der Waals surface area contributed by atoms with Crippen molar-refractivity contribution < 1.29 is 23.1 Å².